The van der Waals surface area contributed by atoms with Gasteiger partial charge in [-0.15, -0.1) is 0 Å². The minimum Gasteiger partial charge on any atom is -0.542 e. The Labute approximate surface area is 166 Å². The van der Waals surface area contributed by atoms with Crippen molar-refractivity contribution in [3.05, 3.63) is 24.0 Å². The molecular weight excluding hydrogens is 382 g/mol. The van der Waals surface area contributed by atoms with Gasteiger partial charge < -0.3 is 9.16 Å². The molecular formula is C19H36ClNO3Si2. The molecule has 0 amide bonds. The van der Waals surface area contributed by atoms with Gasteiger partial charge in [0, 0.05) is 0 Å². The Morgan fingerprint density at radius 1 is 1.00 bits per heavy atom. The Kier molecular flexibility index (Phi) is 8.60. The SMILES string of the molecule is CC(C)(C)[Si](C)(C)Cl.COC(=O)c1ccc(O[Si](C)(C)C(C)(C)C)cn1. The number of aromatic nitrogens is 1. The Balaban J connectivity index is 0.000000660. The molecule has 1 rings (SSSR count). The number of esters is 1. The van der Waals surface area contributed by atoms with E-state index < -0.39 is 21.7 Å². The average Bonchev–Trinajstić information content (AvgIpc) is 2.44. The zero-order valence-electron chi connectivity index (χ0n) is 18.3. The number of carbonyl (C=O) groups excluding carboxylic acids is 1. The molecule has 0 unspecified atom stereocenters. The van der Waals surface area contributed by atoms with Crippen molar-refractivity contribution in [2.75, 3.05) is 7.11 Å². The van der Waals surface area contributed by atoms with Crippen molar-refractivity contribution in [1.29, 1.82) is 0 Å². The Hall–Kier alpha value is -0.856. The lowest BCUT2D eigenvalue weighted by Gasteiger charge is -2.36. The molecule has 1 heterocycles. The Bertz CT molecular complexity index is 571. The first-order valence-corrected chi connectivity index (χ1v) is 15.8. The molecule has 7 heteroatoms. The lowest BCUT2D eigenvalue weighted by Crippen LogP contribution is -2.43. The van der Waals surface area contributed by atoms with Crippen molar-refractivity contribution in [2.24, 2.45) is 0 Å². The summed E-state index contributed by atoms with van der Waals surface area (Å²) in [6.07, 6.45) is 1.58. The van der Waals surface area contributed by atoms with Crippen molar-refractivity contribution >= 4 is 32.7 Å². The number of ether oxygens (including phenoxy) is 1. The van der Waals surface area contributed by atoms with Gasteiger partial charge in [0.05, 0.1) is 13.3 Å². The van der Waals surface area contributed by atoms with E-state index in [2.05, 4.69) is 77.5 Å². The van der Waals surface area contributed by atoms with E-state index in [1.807, 2.05) is 0 Å². The van der Waals surface area contributed by atoms with E-state index in [0.29, 0.717) is 16.5 Å². The zero-order chi connectivity index (χ0) is 21.0. The van der Waals surface area contributed by atoms with Gasteiger partial charge in [-0.25, -0.2) is 9.78 Å². The van der Waals surface area contributed by atoms with Crippen LogP contribution in [0.15, 0.2) is 18.3 Å². The maximum Gasteiger partial charge on any atom is 0.356 e. The molecule has 0 atom stereocenters. The van der Waals surface area contributed by atoms with E-state index in [0.717, 1.165) is 0 Å². The second-order valence-electron chi connectivity index (χ2n) is 9.46. The van der Waals surface area contributed by atoms with Gasteiger partial charge in [0.15, 0.2) is 7.38 Å². The van der Waals surface area contributed by atoms with Crippen LogP contribution in [0, 0.1) is 0 Å². The van der Waals surface area contributed by atoms with Crippen molar-refractivity contribution in [3.8, 4) is 5.75 Å². The fraction of sp³-hybridized carbons (Fsp3) is 0.684. The molecule has 150 valence electrons. The van der Waals surface area contributed by atoms with Crippen LogP contribution in [0.25, 0.3) is 0 Å². The van der Waals surface area contributed by atoms with E-state index in [1.54, 1.807) is 18.3 Å². The quantitative estimate of drug-likeness (QED) is 0.320. The summed E-state index contributed by atoms with van der Waals surface area (Å²) in [6.45, 7) is 21.8. The molecule has 1 aromatic rings. The lowest BCUT2D eigenvalue weighted by molar-refractivity contribution is 0.0594. The van der Waals surface area contributed by atoms with Crippen molar-refractivity contribution in [1.82, 2.24) is 4.98 Å². The van der Waals surface area contributed by atoms with Gasteiger partial charge in [0.2, 0.25) is 0 Å². The van der Waals surface area contributed by atoms with E-state index in [9.17, 15) is 4.79 Å². The molecule has 0 N–H and O–H groups in total. The number of methoxy groups -OCH3 is 1. The molecule has 0 bridgehead atoms. The highest BCUT2D eigenvalue weighted by Crippen LogP contribution is 2.38. The maximum atomic E-state index is 11.3. The molecule has 0 radical (unpaired) electrons. The highest BCUT2D eigenvalue weighted by atomic mass is 35.6. The largest absolute Gasteiger partial charge is 0.542 e. The molecule has 26 heavy (non-hydrogen) atoms. The predicted molar refractivity (Wildman–Crippen MR) is 116 cm³/mol. The summed E-state index contributed by atoms with van der Waals surface area (Å²) in [6, 6.07) is 3.38. The number of hydrogen-bond acceptors (Lipinski definition) is 4. The summed E-state index contributed by atoms with van der Waals surface area (Å²) < 4.78 is 10.7. The van der Waals surface area contributed by atoms with Crippen LogP contribution in [0.2, 0.25) is 36.3 Å². The first-order chi connectivity index (χ1) is 11.4. The Morgan fingerprint density at radius 3 is 1.73 bits per heavy atom. The number of carbonyl (C=O) groups is 1. The van der Waals surface area contributed by atoms with Gasteiger partial charge >= 0.3 is 5.97 Å². The van der Waals surface area contributed by atoms with Gasteiger partial charge in [-0.2, -0.15) is 11.1 Å². The summed E-state index contributed by atoms with van der Waals surface area (Å²) >= 11 is 6.15. The lowest BCUT2D eigenvalue weighted by atomic mass is 10.2. The highest BCUT2D eigenvalue weighted by molar-refractivity contribution is 7.20. The highest BCUT2D eigenvalue weighted by Gasteiger charge is 2.39. The van der Waals surface area contributed by atoms with E-state index in [-0.39, 0.29) is 5.04 Å². The molecule has 1 aromatic heterocycles. The molecule has 0 spiro atoms. The average molecular weight is 418 g/mol. The van der Waals surface area contributed by atoms with Crippen molar-refractivity contribution in [2.45, 2.75) is 77.8 Å². The normalized spacial score (nSPS) is 12.8. The van der Waals surface area contributed by atoms with Gasteiger partial charge in [-0.05, 0) is 35.3 Å². The number of nitrogens with zero attached hydrogens (tertiary/aromatic N) is 1. The fourth-order valence-corrected chi connectivity index (χ4v) is 2.13. The molecule has 4 nitrogen and oxygen atoms in total. The van der Waals surface area contributed by atoms with E-state index in [4.69, 9.17) is 15.5 Å². The molecule has 0 saturated carbocycles. The molecule has 0 aliphatic heterocycles. The second kappa shape index (κ2) is 8.89. The summed E-state index contributed by atoms with van der Waals surface area (Å²) in [5, 5.41) is 0.475. The maximum absolute atomic E-state index is 11.3. The van der Waals surface area contributed by atoms with Gasteiger partial charge in [-0.1, -0.05) is 54.6 Å². The van der Waals surface area contributed by atoms with E-state index in [1.165, 1.54) is 7.11 Å². The van der Waals surface area contributed by atoms with Crippen LogP contribution in [-0.2, 0) is 4.74 Å². The second-order valence-corrected chi connectivity index (χ2v) is 21.5. The van der Waals surface area contributed by atoms with Crippen LogP contribution in [0.5, 0.6) is 5.75 Å². The third-order valence-electron chi connectivity index (χ3n) is 5.09. The Morgan fingerprint density at radius 2 is 1.46 bits per heavy atom. The number of pyridine rings is 1. The standard InChI is InChI=1S/C13H21NO3Si.C6H15ClSi/c1-13(2,3)18(5,6)17-10-7-8-11(14-9-10)12(15)16-4;1-6(2,3)8(4,5)7/h7-9H,1-6H3;1-5H3. The van der Waals surface area contributed by atoms with Gasteiger partial charge in [0.25, 0.3) is 8.32 Å². The first-order valence-electron chi connectivity index (χ1n) is 8.84. The third kappa shape index (κ3) is 7.80. The summed E-state index contributed by atoms with van der Waals surface area (Å²) in [7, 11) is -1.90. The smallest absolute Gasteiger partial charge is 0.356 e. The van der Waals surface area contributed by atoms with Crippen LogP contribution < -0.4 is 4.43 Å². The third-order valence-corrected chi connectivity index (χ3v) is 14.7. The summed E-state index contributed by atoms with van der Waals surface area (Å²) in [4.78, 5) is 15.3. The molecule has 0 aliphatic rings. The van der Waals surface area contributed by atoms with E-state index >= 15 is 0 Å². The predicted octanol–water partition coefficient (Wildman–Crippen LogP) is 6.48. The molecule has 0 saturated heterocycles. The fourth-order valence-electron chi connectivity index (χ4n) is 1.11. The molecule has 0 aromatic carbocycles. The molecule has 0 fully saturated rings. The van der Waals surface area contributed by atoms with Crippen LogP contribution in [-0.4, -0.2) is 33.8 Å². The minimum atomic E-state index is -1.85. The topological polar surface area (TPSA) is 48.4 Å². The van der Waals surface area contributed by atoms with Gasteiger partial charge in [0.1, 0.15) is 11.4 Å². The number of rotatable bonds is 3. The summed E-state index contributed by atoms with van der Waals surface area (Å²) in [5.41, 5.74) is 0.292. The number of halogens is 1. The van der Waals surface area contributed by atoms with Crippen molar-refractivity contribution in [3.63, 3.8) is 0 Å². The van der Waals surface area contributed by atoms with Crippen LogP contribution in [0.4, 0.5) is 0 Å². The van der Waals surface area contributed by atoms with Crippen molar-refractivity contribution < 1.29 is 14.0 Å². The minimum absolute atomic E-state index is 0.133. The zero-order valence-corrected chi connectivity index (χ0v) is 21.0. The number of hydrogen-bond donors (Lipinski definition) is 0. The van der Waals surface area contributed by atoms with Crippen LogP contribution >= 0.6 is 11.1 Å². The van der Waals surface area contributed by atoms with Crippen LogP contribution in [0.3, 0.4) is 0 Å². The monoisotopic (exact) mass is 417 g/mol. The first kappa shape index (κ1) is 25.1. The van der Waals surface area contributed by atoms with Crippen LogP contribution in [0.1, 0.15) is 52.0 Å². The molecule has 0 aliphatic carbocycles. The van der Waals surface area contributed by atoms with Gasteiger partial charge in [-0.3, -0.25) is 0 Å². The summed E-state index contributed by atoms with van der Waals surface area (Å²) in [5.74, 6) is 0.267.